The van der Waals surface area contributed by atoms with Crippen molar-refractivity contribution in [2.45, 2.75) is 13.3 Å². The third-order valence-electron chi connectivity index (χ3n) is 2.54. The van der Waals surface area contributed by atoms with Crippen LogP contribution in [0.2, 0.25) is 0 Å². The van der Waals surface area contributed by atoms with Crippen LogP contribution in [-0.4, -0.2) is 60.9 Å². The summed E-state index contributed by atoms with van der Waals surface area (Å²) in [7, 11) is 0. The van der Waals surface area contributed by atoms with Crippen molar-refractivity contribution in [2.75, 3.05) is 44.2 Å². The number of carbonyl (C=O) groups excluding carboxylic acids is 2. The molecule has 0 aromatic heterocycles. The number of hydrogen-bond acceptors (Lipinski definition) is 4. The Bertz CT molecular complexity index is 255. The number of nitrogens with zero attached hydrogens (tertiary/aromatic N) is 1. The van der Waals surface area contributed by atoms with E-state index in [1.54, 1.807) is 0 Å². The predicted molar refractivity (Wildman–Crippen MR) is 70.1 cm³/mol. The monoisotopic (exact) mass is 259 g/mol. The molecule has 6 heteroatoms. The van der Waals surface area contributed by atoms with Crippen LogP contribution in [0.1, 0.15) is 13.3 Å². The Morgan fingerprint density at radius 3 is 2.71 bits per heavy atom. The van der Waals surface area contributed by atoms with Gasteiger partial charge in [0.2, 0.25) is 11.8 Å². The van der Waals surface area contributed by atoms with Crippen molar-refractivity contribution in [1.29, 1.82) is 0 Å². The number of nitrogens with one attached hydrogen (secondary N) is 2. The number of thioether (sulfide) groups is 1. The molecule has 0 unspecified atom stereocenters. The summed E-state index contributed by atoms with van der Waals surface area (Å²) in [5.41, 5.74) is 0. The number of amides is 2. The van der Waals surface area contributed by atoms with Crippen LogP contribution in [-0.2, 0) is 9.59 Å². The SMILES string of the molecule is CCNC(=O)CSCCC(=O)N1CCNCC1. The van der Waals surface area contributed by atoms with Crippen molar-refractivity contribution < 1.29 is 9.59 Å². The van der Waals surface area contributed by atoms with Gasteiger partial charge in [0.25, 0.3) is 0 Å². The molecule has 1 fully saturated rings. The van der Waals surface area contributed by atoms with Crippen LogP contribution in [0.5, 0.6) is 0 Å². The first kappa shape index (κ1) is 14.3. The van der Waals surface area contributed by atoms with Crippen LogP contribution < -0.4 is 10.6 Å². The molecule has 0 bridgehead atoms. The molecule has 0 saturated carbocycles. The van der Waals surface area contributed by atoms with E-state index in [4.69, 9.17) is 0 Å². The maximum atomic E-state index is 11.8. The maximum Gasteiger partial charge on any atom is 0.229 e. The van der Waals surface area contributed by atoms with Gasteiger partial charge in [-0.1, -0.05) is 0 Å². The summed E-state index contributed by atoms with van der Waals surface area (Å²) in [5, 5.41) is 5.95. The van der Waals surface area contributed by atoms with Crippen molar-refractivity contribution in [1.82, 2.24) is 15.5 Å². The summed E-state index contributed by atoms with van der Waals surface area (Å²) in [4.78, 5) is 24.8. The van der Waals surface area contributed by atoms with E-state index in [1.807, 2.05) is 11.8 Å². The molecule has 1 saturated heterocycles. The lowest BCUT2D eigenvalue weighted by Gasteiger charge is -2.27. The summed E-state index contributed by atoms with van der Waals surface area (Å²) >= 11 is 1.52. The highest BCUT2D eigenvalue weighted by Gasteiger charge is 2.15. The van der Waals surface area contributed by atoms with Crippen molar-refractivity contribution in [3.63, 3.8) is 0 Å². The van der Waals surface area contributed by atoms with Gasteiger partial charge in [-0.15, -0.1) is 0 Å². The molecule has 1 rings (SSSR count). The Morgan fingerprint density at radius 1 is 1.35 bits per heavy atom. The first-order valence-electron chi connectivity index (χ1n) is 6.07. The second-order valence-electron chi connectivity index (χ2n) is 3.89. The van der Waals surface area contributed by atoms with Crippen LogP contribution in [0, 0.1) is 0 Å². The molecular weight excluding hydrogens is 238 g/mol. The third-order valence-corrected chi connectivity index (χ3v) is 3.50. The molecule has 1 aliphatic rings. The van der Waals surface area contributed by atoms with Crippen molar-refractivity contribution in [2.24, 2.45) is 0 Å². The minimum Gasteiger partial charge on any atom is -0.356 e. The number of piperazine rings is 1. The zero-order chi connectivity index (χ0) is 12.5. The highest BCUT2D eigenvalue weighted by atomic mass is 32.2. The van der Waals surface area contributed by atoms with Crippen molar-refractivity contribution >= 4 is 23.6 Å². The van der Waals surface area contributed by atoms with Gasteiger partial charge in [-0.05, 0) is 6.92 Å². The number of carbonyl (C=O) groups is 2. The van der Waals surface area contributed by atoms with Gasteiger partial charge in [-0.25, -0.2) is 0 Å². The molecule has 98 valence electrons. The second kappa shape index (κ2) is 8.36. The topological polar surface area (TPSA) is 61.4 Å². The highest BCUT2D eigenvalue weighted by molar-refractivity contribution is 7.99. The van der Waals surface area contributed by atoms with Crippen LogP contribution in [0.3, 0.4) is 0 Å². The van der Waals surface area contributed by atoms with E-state index < -0.39 is 0 Å². The Hall–Kier alpha value is -0.750. The van der Waals surface area contributed by atoms with E-state index in [0.29, 0.717) is 18.7 Å². The molecule has 1 heterocycles. The molecule has 1 aliphatic heterocycles. The largest absolute Gasteiger partial charge is 0.356 e. The Labute approximate surface area is 107 Å². The van der Waals surface area contributed by atoms with Crippen LogP contribution in [0.25, 0.3) is 0 Å². The molecule has 0 aromatic carbocycles. The maximum absolute atomic E-state index is 11.8. The van der Waals surface area contributed by atoms with E-state index in [9.17, 15) is 9.59 Å². The average molecular weight is 259 g/mol. The molecule has 0 aromatic rings. The molecule has 0 radical (unpaired) electrons. The van der Waals surface area contributed by atoms with E-state index in [2.05, 4.69) is 10.6 Å². The second-order valence-corrected chi connectivity index (χ2v) is 4.99. The summed E-state index contributed by atoms with van der Waals surface area (Å²) in [6, 6.07) is 0. The Kier molecular flexibility index (Phi) is 7.04. The summed E-state index contributed by atoms with van der Waals surface area (Å²) in [6.07, 6.45) is 0.532. The van der Waals surface area contributed by atoms with Gasteiger partial charge < -0.3 is 15.5 Å². The third kappa shape index (κ3) is 5.93. The standard InChI is InChI=1S/C11H21N3O2S/c1-2-13-10(15)9-17-8-3-11(16)14-6-4-12-5-7-14/h12H,2-9H2,1H3,(H,13,15). The van der Waals surface area contributed by atoms with Gasteiger partial charge in [0, 0.05) is 44.9 Å². The van der Waals surface area contributed by atoms with E-state index in [-0.39, 0.29) is 11.8 Å². The molecule has 2 amide bonds. The fraction of sp³-hybridized carbons (Fsp3) is 0.818. The van der Waals surface area contributed by atoms with Gasteiger partial charge >= 0.3 is 0 Å². The molecule has 0 spiro atoms. The molecular formula is C11H21N3O2S. The number of rotatable bonds is 6. The predicted octanol–water partition coefficient (Wildman–Crippen LogP) is -0.322. The van der Waals surface area contributed by atoms with E-state index in [0.717, 1.165) is 31.9 Å². The lowest BCUT2D eigenvalue weighted by atomic mass is 10.3. The van der Waals surface area contributed by atoms with Gasteiger partial charge in [0.15, 0.2) is 0 Å². The Balaban J connectivity index is 2.05. The van der Waals surface area contributed by atoms with Crippen molar-refractivity contribution in [3.05, 3.63) is 0 Å². The normalized spacial score (nSPS) is 15.7. The lowest BCUT2D eigenvalue weighted by Crippen LogP contribution is -2.46. The minimum absolute atomic E-state index is 0.0483. The molecule has 17 heavy (non-hydrogen) atoms. The zero-order valence-electron chi connectivity index (χ0n) is 10.3. The van der Waals surface area contributed by atoms with Gasteiger partial charge in [0.05, 0.1) is 5.75 Å². The average Bonchev–Trinajstić information content (AvgIpc) is 2.36. The van der Waals surface area contributed by atoms with Gasteiger partial charge in [0.1, 0.15) is 0 Å². The van der Waals surface area contributed by atoms with E-state index >= 15 is 0 Å². The quantitative estimate of drug-likeness (QED) is 0.642. The zero-order valence-corrected chi connectivity index (χ0v) is 11.1. The number of hydrogen-bond donors (Lipinski definition) is 2. The summed E-state index contributed by atoms with van der Waals surface area (Å²) in [5.74, 6) is 1.42. The summed E-state index contributed by atoms with van der Waals surface area (Å²) in [6.45, 7) is 5.95. The summed E-state index contributed by atoms with van der Waals surface area (Å²) < 4.78 is 0. The lowest BCUT2D eigenvalue weighted by molar-refractivity contribution is -0.131. The first-order valence-corrected chi connectivity index (χ1v) is 7.22. The van der Waals surface area contributed by atoms with Crippen LogP contribution in [0.4, 0.5) is 0 Å². The highest BCUT2D eigenvalue weighted by Crippen LogP contribution is 2.05. The van der Waals surface area contributed by atoms with Crippen molar-refractivity contribution in [3.8, 4) is 0 Å². The Morgan fingerprint density at radius 2 is 2.06 bits per heavy atom. The molecule has 0 aliphatic carbocycles. The van der Waals surface area contributed by atoms with Crippen LogP contribution in [0.15, 0.2) is 0 Å². The smallest absolute Gasteiger partial charge is 0.229 e. The fourth-order valence-corrected chi connectivity index (χ4v) is 2.40. The fourth-order valence-electron chi connectivity index (χ4n) is 1.64. The van der Waals surface area contributed by atoms with E-state index in [1.165, 1.54) is 11.8 Å². The van der Waals surface area contributed by atoms with Crippen LogP contribution >= 0.6 is 11.8 Å². The minimum atomic E-state index is 0.0483. The molecule has 5 nitrogen and oxygen atoms in total. The van der Waals surface area contributed by atoms with Gasteiger partial charge in [-0.2, -0.15) is 11.8 Å². The van der Waals surface area contributed by atoms with Gasteiger partial charge in [-0.3, -0.25) is 9.59 Å². The first-order chi connectivity index (χ1) is 8.24. The molecule has 2 N–H and O–H groups in total. The molecule has 0 atom stereocenters.